The first-order valence-corrected chi connectivity index (χ1v) is 4.85. The molecule has 0 saturated carbocycles. The van der Waals surface area contributed by atoms with Crippen LogP contribution in [0.5, 0.6) is 0 Å². The highest BCUT2D eigenvalue weighted by molar-refractivity contribution is 8.01. The molecule has 12 heavy (non-hydrogen) atoms. The second kappa shape index (κ2) is 4.89. The molecular weight excluding hydrogens is 194 g/mol. The summed E-state index contributed by atoms with van der Waals surface area (Å²) in [6.45, 7) is 3.54. The van der Waals surface area contributed by atoms with Gasteiger partial charge in [-0.1, -0.05) is 10.6 Å². The van der Waals surface area contributed by atoms with Crippen LogP contribution in [0.1, 0.15) is 0 Å². The highest BCUT2D eigenvalue weighted by Crippen LogP contribution is 2.18. The smallest absolute Gasteiger partial charge is 0.262 e. The average Bonchev–Trinajstić information content (AvgIpc) is 2.59. The molecule has 0 fully saturated rings. The maximum Gasteiger partial charge on any atom is 0.329 e. The lowest BCUT2D eigenvalue weighted by atomic mass is 10.8. The van der Waals surface area contributed by atoms with Gasteiger partial charge in [0, 0.05) is 5.75 Å². The van der Waals surface area contributed by atoms with E-state index in [0.29, 0.717) is 11.6 Å². The van der Waals surface area contributed by atoms with Gasteiger partial charge in [-0.25, -0.2) is 4.31 Å². The Bertz CT molecular complexity index is 249. The van der Waals surface area contributed by atoms with E-state index in [1.54, 1.807) is 17.9 Å². The van der Waals surface area contributed by atoms with Gasteiger partial charge in [0.15, 0.2) is 5.82 Å². The fourth-order valence-electron chi connectivity index (χ4n) is 0.515. The Labute approximate surface area is 78.6 Å². The second-order valence-electron chi connectivity index (χ2n) is 1.73. The zero-order valence-corrected chi connectivity index (χ0v) is 7.77. The maximum atomic E-state index is 10.4. The molecule has 1 amide bonds. The average molecular weight is 200 g/mol. The van der Waals surface area contributed by atoms with E-state index in [0.717, 1.165) is 0 Å². The highest BCUT2D eigenvalue weighted by Gasteiger charge is 2.08. The Balaban J connectivity index is 2.56. The minimum atomic E-state index is 0.516. The van der Waals surface area contributed by atoms with Crippen LogP contribution in [0.15, 0.2) is 18.0 Å². The molecule has 0 aliphatic heterocycles. The predicted octanol–water partition coefficient (Wildman–Crippen LogP) is 1.25. The van der Waals surface area contributed by atoms with Crippen molar-refractivity contribution in [3.8, 4) is 0 Å². The van der Waals surface area contributed by atoms with Crippen molar-refractivity contribution in [3.63, 3.8) is 0 Å². The van der Waals surface area contributed by atoms with E-state index in [-0.39, 0.29) is 0 Å². The molecular formula is C6H6N3OS2. The standard InChI is InChI=1S/C6H6N3OS2/c1-2-3-12-9(5-10)6-4-11-8-7-6/h2,4H,1,3H2. The first kappa shape index (κ1) is 9.21. The van der Waals surface area contributed by atoms with Crippen LogP contribution in [0.3, 0.4) is 0 Å². The molecule has 0 bridgehead atoms. The molecule has 0 atom stereocenters. The lowest BCUT2D eigenvalue weighted by Crippen LogP contribution is -2.11. The molecule has 0 N–H and O–H groups in total. The quantitative estimate of drug-likeness (QED) is 0.407. The summed E-state index contributed by atoms with van der Waals surface area (Å²) in [6, 6.07) is 0. The van der Waals surface area contributed by atoms with Gasteiger partial charge in [0.25, 0.3) is 0 Å². The van der Waals surface area contributed by atoms with Crippen molar-refractivity contribution in [2.24, 2.45) is 0 Å². The number of carbonyl (C=O) groups excluding carboxylic acids is 1. The largest absolute Gasteiger partial charge is 0.329 e. The molecule has 6 heteroatoms. The van der Waals surface area contributed by atoms with Gasteiger partial charge >= 0.3 is 6.41 Å². The van der Waals surface area contributed by atoms with Crippen LogP contribution in [0.4, 0.5) is 5.82 Å². The molecule has 0 saturated heterocycles. The third kappa shape index (κ3) is 2.31. The van der Waals surface area contributed by atoms with Crippen molar-refractivity contribution < 1.29 is 4.79 Å². The summed E-state index contributed by atoms with van der Waals surface area (Å²) in [5.41, 5.74) is 0. The SMILES string of the molecule is C=CCSN([C]=O)c1csnn1. The van der Waals surface area contributed by atoms with E-state index in [1.807, 2.05) is 0 Å². The number of nitrogens with zero attached hydrogens (tertiary/aromatic N) is 3. The molecule has 4 nitrogen and oxygen atoms in total. The number of hydrogen-bond donors (Lipinski definition) is 0. The van der Waals surface area contributed by atoms with Crippen molar-refractivity contribution in [3.05, 3.63) is 18.0 Å². The van der Waals surface area contributed by atoms with Crippen LogP contribution in [0.2, 0.25) is 0 Å². The van der Waals surface area contributed by atoms with Gasteiger partial charge in [0.05, 0.1) is 5.38 Å². The molecule has 1 aromatic heterocycles. The van der Waals surface area contributed by atoms with Gasteiger partial charge in [-0.2, -0.15) is 0 Å². The third-order valence-electron chi connectivity index (χ3n) is 0.961. The van der Waals surface area contributed by atoms with Crippen molar-refractivity contribution in [2.75, 3.05) is 10.1 Å². The highest BCUT2D eigenvalue weighted by atomic mass is 32.2. The third-order valence-corrected chi connectivity index (χ3v) is 2.36. The topological polar surface area (TPSA) is 46.1 Å². The van der Waals surface area contributed by atoms with Gasteiger partial charge in [-0.3, -0.25) is 4.79 Å². The molecule has 1 heterocycles. The molecule has 0 aliphatic rings. The van der Waals surface area contributed by atoms with Crippen LogP contribution < -0.4 is 4.31 Å². The first-order chi connectivity index (χ1) is 5.88. The fourth-order valence-corrected chi connectivity index (χ4v) is 1.53. The van der Waals surface area contributed by atoms with Gasteiger partial charge in [-0.05, 0) is 23.5 Å². The number of amides is 1. The van der Waals surface area contributed by atoms with E-state index >= 15 is 0 Å². The van der Waals surface area contributed by atoms with Crippen LogP contribution in [0, 0.1) is 0 Å². The minimum Gasteiger partial charge on any atom is -0.262 e. The van der Waals surface area contributed by atoms with Gasteiger partial charge in [0.2, 0.25) is 0 Å². The predicted molar refractivity (Wildman–Crippen MR) is 50.7 cm³/mol. The second-order valence-corrected chi connectivity index (χ2v) is 3.30. The normalized spacial score (nSPS) is 9.33. The number of hydrogen-bond acceptors (Lipinski definition) is 5. The maximum absolute atomic E-state index is 10.4. The van der Waals surface area contributed by atoms with Crippen molar-refractivity contribution in [1.29, 1.82) is 0 Å². The van der Waals surface area contributed by atoms with Crippen LogP contribution >= 0.6 is 23.5 Å². The molecule has 0 spiro atoms. The van der Waals surface area contributed by atoms with Crippen LogP contribution in [0.25, 0.3) is 0 Å². The lowest BCUT2D eigenvalue weighted by Gasteiger charge is -2.07. The van der Waals surface area contributed by atoms with Crippen LogP contribution in [-0.4, -0.2) is 21.7 Å². The van der Waals surface area contributed by atoms with E-state index in [9.17, 15) is 4.79 Å². The van der Waals surface area contributed by atoms with E-state index in [4.69, 9.17) is 0 Å². The monoisotopic (exact) mass is 200 g/mol. The molecule has 0 aliphatic carbocycles. The molecule has 1 radical (unpaired) electrons. The van der Waals surface area contributed by atoms with Gasteiger partial charge in [0.1, 0.15) is 0 Å². The summed E-state index contributed by atoms with van der Waals surface area (Å²) >= 11 is 2.47. The summed E-state index contributed by atoms with van der Waals surface area (Å²) in [6.07, 6.45) is 3.45. The Hall–Kier alpha value is -0.880. The molecule has 0 unspecified atom stereocenters. The minimum absolute atomic E-state index is 0.516. The molecule has 0 aromatic carbocycles. The lowest BCUT2D eigenvalue weighted by molar-refractivity contribution is 0.558. The van der Waals surface area contributed by atoms with Crippen LogP contribution in [-0.2, 0) is 4.79 Å². The van der Waals surface area contributed by atoms with E-state index < -0.39 is 0 Å². The fraction of sp³-hybridized carbons (Fsp3) is 0.167. The summed E-state index contributed by atoms with van der Waals surface area (Å²) in [5, 5.41) is 5.40. The zero-order valence-electron chi connectivity index (χ0n) is 6.14. The van der Waals surface area contributed by atoms with E-state index in [1.165, 1.54) is 27.8 Å². The summed E-state index contributed by atoms with van der Waals surface area (Å²) in [4.78, 5) is 10.4. The van der Waals surface area contributed by atoms with Crippen molar-refractivity contribution in [2.45, 2.75) is 0 Å². The molecule has 1 aromatic rings. The summed E-state index contributed by atoms with van der Waals surface area (Å²) in [5.74, 6) is 1.16. The Kier molecular flexibility index (Phi) is 3.75. The van der Waals surface area contributed by atoms with Gasteiger partial charge < -0.3 is 0 Å². The van der Waals surface area contributed by atoms with Gasteiger partial charge in [-0.15, -0.1) is 11.7 Å². The zero-order chi connectivity index (χ0) is 8.81. The number of anilines is 1. The summed E-state index contributed by atoms with van der Waals surface area (Å²) < 4.78 is 4.93. The first-order valence-electron chi connectivity index (χ1n) is 3.07. The number of aromatic nitrogens is 2. The Morgan fingerprint density at radius 1 is 1.92 bits per heavy atom. The van der Waals surface area contributed by atoms with E-state index in [2.05, 4.69) is 16.2 Å². The van der Waals surface area contributed by atoms with Crippen molar-refractivity contribution >= 4 is 35.7 Å². The van der Waals surface area contributed by atoms with Crippen molar-refractivity contribution in [1.82, 2.24) is 9.59 Å². The molecule has 1 rings (SSSR count). The number of rotatable bonds is 5. The molecule has 63 valence electrons. The Morgan fingerprint density at radius 2 is 2.75 bits per heavy atom. The summed E-state index contributed by atoms with van der Waals surface area (Å²) in [7, 11) is 0. The Morgan fingerprint density at radius 3 is 3.25 bits per heavy atom.